The zero-order valence-electron chi connectivity index (χ0n) is 18.4. The number of nitrogens with one attached hydrogen (secondary N) is 2. The van der Waals surface area contributed by atoms with Crippen molar-refractivity contribution in [3.8, 4) is 11.5 Å². The third-order valence-electron chi connectivity index (χ3n) is 5.49. The largest absolute Gasteiger partial charge is 0.497 e. The van der Waals surface area contributed by atoms with Crippen LogP contribution in [-0.2, 0) is 13.0 Å². The summed E-state index contributed by atoms with van der Waals surface area (Å²) in [6.07, 6.45) is 0.792. The fourth-order valence-electron chi connectivity index (χ4n) is 3.76. The van der Waals surface area contributed by atoms with Gasteiger partial charge in [-0.2, -0.15) is 0 Å². The number of ether oxygens (including phenoxy) is 2. The van der Waals surface area contributed by atoms with E-state index in [0.29, 0.717) is 40.9 Å². The number of rotatable bonds is 6. The molecule has 0 bridgehead atoms. The maximum atomic E-state index is 13.1. The molecule has 0 saturated heterocycles. The van der Waals surface area contributed by atoms with Gasteiger partial charge in [0.05, 0.1) is 19.9 Å². The first-order chi connectivity index (χ1) is 16.0. The molecule has 0 saturated carbocycles. The lowest BCUT2D eigenvalue weighted by atomic mass is 10.1. The Bertz CT molecular complexity index is 1180. The topological polar surface area (TPSA) is 79.9 Å². The van der Waals surface area contributed by atoms with Crippen molar-refractivity contribution in [2.24, 2.45) is 0 Å². The minimum absolute atomic E-state index is 0.0627. The highest BCUT2D eigenvalue weighted by molar-refractivity contribution is 6.31. The standard InChI is InChI=1S/C25H24ClN3O4/c1-32-20-8-5-18(6-9-20)24(30)29-12-11-17-4-3-16(13-22(17)29)15-27-25(31)28-21-14-19(26)7-10-23(21)33-2/h3-10,13-14H,11-12,15H2,1-2H3,(H2,27,28,31). The SMILES string of the molecule is COc1ccc(C(=O)N2CCc3ccc(CNC(=O)Nc4cc(Cl)ccc4OC)cc32)cc1. The number of anilines is 2. The maximum Gasteiger partial charge on any atom is 0.319 e. The molecule has 7 nitrogen and oxygen atoms in total. The number of fused-ring (bicyclic) bond motifs is 1. The van der Waals surface area contributed by atoms with Crippen LogP contribution in [0.15, 0.2) is 60.7 Å². The van der Waals surface area contributed by atoms with Gasteiger partial charge >= 0.3 is 6.03 Å². The second-order valence-electron chi connectivity index (χ2n) is 7.55. The smallest absolute Gasteiger partial charge is 0.319 e. The second-order valence-corrected chi connectivity index (χ2v) is 7.99. The van der Waals surface area contributed by atoms with E-state index < -0.39 is 0 Å². The van der Waals surface area contributed by atoms with Gasteiger partial charge in [-0.15, -0.1) is 0 Å². The molecule has 1 aliphatic rings. The maximum absolute atomic E-state index is 13.1. The predicted molar refractivity (Wildman–Crippen MR) is 129 cm³/mol. The quantitative estimate of drug-likeness (QED) is 0.543. The number of nitrogens with zero attached hydrogens (tertiary/aromatic N) is 1. The molecule has 0 atom stereocenters. The Hall–Kier alpha value is -3.71. The second kappa shape index (κ2) is 9.83. The molecule has 2 N–H and O–H groups in total. The van der Waals surface area contributed by atoms with E-state index in [0.717, 1.165) is 23.2 Å². The number of carbonyl (C=O) groups excluding carboxylic acids is 2. The van der Waals surface area contributed by atoms with Crippen LogP contribution < -0.4 is 25.0 Å². The molecule has 170 valence electrons. The minimum Gasteiger partial charge on any atom is -0.497 e. The highest BCUT2D eigenvalue weighted by Gasteiger charge is 2.26. The van der Waals surface area contributed by atoms with Gasteiger partial charge in [0, 0.05) is 29.4 Å². The van der Waals surface area contributed by atoms with E-state index in [9.17, 15) is 9.59 Å². The van der Waals surface area contributed by atoms with Crippen molar-refractivity contribution >= 4 is 34.9 Å². The van der Waals surface area contributed by atoms with Gasteiger partial charge < -0.3 is 25.0 Å². The Morgan fingerprint density at radius 2 is 1.79 bits per heavy atom. The Kier molecular flexibility index (Phi) is 6.70. The van der Waals surface area contributed by atoms with E-state index in [1.807, 2.05) is 18.2 Å². The van der Waals surface area contributed by atoms with E-state index >= 15 is 0 Å². The zero-order chi connectivity index (χ0) is 23.4. The van der Waals surface area contributed by atoms with E-state index in [4.69, 9.17) is 21.1 Å². The van der Waals surface area contributed by atoms with Crippen LogP contribution in [0.25, 0.3) is 0 Å². The summed E-state index contributed by atoms with van der Waals surface area (Å²) in [5, 5.41) is 6.07. The highest BCUT2D eigenvalue weighted by Crippen LogP contribution is 2.31. The van der Waals surface area contributed by atoms with Gasteiger partial charge in [-0.1, -0.05) is 23.7 Å². The Balaban J connectivity index is 1.43. The van der Waals surface area contributed by atoms with Crippen LogP contribution in [0.5, 0.6) is 11.5 Å². The van der Waals surface area contributed by atoms with Gasteiger partial charge in [0.15, 0.2) is 0 Å². The van der Waals surface area contributed by atoms with Gasteiger partial charge in [-0.05, 0) is 66.1 Å². The normalized spacial score (nSPS) is 12.2. The molecule has 0 spiro atoms. The number of urea groups is 1. The lowest BCUT2D eigenvalue weighted by Gasteiger charge is -2.18. The fourth-order valence-corrected chi connectivity index (χ4v) is 3.93. The van der Waals surface area contributed by atoms with E-state index in [-0.39, 0.29) is 11.9 Å². The number of benzene rings is 3. The number of methoxy groups -OCH3 is 2. The highest BCUT2D eigenvalue weighted by atomic mass is 35.5. The lowest BCUT2D eigenvalue weighted by molar-refractivity contribution is 0.0989. The summed E-state index contributed by atoms with van der Waals surface area (Å²) in [6, 6.07) is 17.6. The first kappa shape index (κ1) is 22.5. The van der Waals surface area contributed by atoms with E-state index in [2.05, 4.69) is 10.6 Å². The molecule has 1 heterocycles. The van der Waals surface area contributed by atoms with Crippen LogP contribution in [0.1, 0.15) is 21.5 Å². The van der Waals surface area contributed by atoms with Crippen LogP contribution in [0.4, 0.5) is 16.2 Å². The molecule has 3 aromatic carbocycles. The molecule has 3 aromatic rings. The van der Waals surface area contributed by atoms with Crippen molar-refractivity contribution < 1.29 is 19.1 Å². The van der Waals surface area contributed by atoms with Gasteiger partial charge in [0.25, 0.3) is 5.91 Å². The molecule has 3 amide bonds. The first-order valence-electron chi connectivity index (χ1n) is 10.4. The Morgan fingerprint density at radius 3 is 2.52 bits per heavy atom. The number of carbonyl (C=O) groups is 2. The third-order valence-corrected chi connectivity index (χ3v) is 5.73. The van der Waals surface area contributed by atoms with Crippen molar-refractivity contribution in [2.75, 3.05) is 31.0 Å². The van der Waals surface area contributed by atoms with Gasteiger partial charge in [0.1, 0.15) is 11.5 Å². The molecule has 33 heavy (non-hydrogen) atoms. The molecule has 0 fully saturated rings. The lowest BCUT2D eigenvalue weighted by Crippen LogP contribution is -2.29. The van der Waals surface area contributed by atoms with Crippen molar-refractivity contribution in [1.82, 2.24) is 5.32 Å². The number of amides is 3. The summed E-state index contributed by atoms with van der Waals surface area (Å²) in [4.78, 5) is 27.2. The number of halogens is 1. The van der Waals surface area contributed by atoms with E-state index in [1.165, 1.54) is 7.11 Å². The average molecular weight is 466 g/mol. The summed E-state index contributed by atoms with van der Waals surface area (Å²) in [7, 11) is 3.12. The Labute approximate surface area is 197 Å². The van der Waals surface area contributed by atoms with Gasteiger partial charge in [-0.3, -0.25) is 4.79 Å². The van der Waals surface area contributed by atoms with Crippen molar-refractivity contribution in [2.45, 2.75) is 13.0 Å². The predicted octanol–water partition coefficient (Wildman–Crippen LogP) is 4.88. The molecular weight excluding hydrogens is 442 g/mol. The van der Waals surface area contributed by atoms with Crippen LogP contribution in [0.2, 0.25) is 5.02 Å². The summed E-state index contributed by atoms with van der Waals surface area (Å²) in [5.41, 5.74) is 3.94. The van der Waals surface area contributed by atoms with Gasteiger partial charge in [-0.25, -0.2) is 4.79 Å². The monoisotopic (exact) mass is 465 g/mol. The van der Waals surface area contributed by atoms with Crippen molar-refractivity contribution in [1.29, 1.82) is 0 Å². The van der Waals surface area contributed by atoms with Crippen LogP contribution in [0, 0.1) is 0 Å². The molecule has 0 aliphatic carbocycles. The molecule has 4 rings (SSSR count). The van der Waals surface area contributed by atoms with Gasteiger partial charge in [0.2, 0.25) is 0 Å². The number of hydrogen-bond acceptors (Lipinski definition) is 4. The molecule has 0 unspecified atom stereocenters. The molecule has 8 heteroatoms. The summed E-state index contributed by atoms with van der Waals surface area (Å²) >= 11 is 6.02. The molecular formula is C25H24ClN3O4. The summed E-state index contributed by atoms with van der Waals surface area (Å²) in [5.74, 6) is 1.16. The summed E-state index contributed by atoms with van der Waals surface area (Å²) in [6.45, 7) is 0.915. The molecule has 0 radical (unpaired) electrons. The minimum atomic E-state index is -0.387. The molecule has 0 aromatic heterocycles. The summed E-state index contributed by atoms with van der Waals surface area (Å²) < 4.78 is 10.4. The van der Waals surface area contributed by atoms with Crippen molar-refractivity contribution in [3.63, 3.8) is 0 Å². The zero-order valence-corrected chi connectivity index (χ0v) is 19.1. The van der Waals surface area contributed by atoms with Crippen LogP contribution >= 0.6 is 11.6 Å². The van der Waals surface area contributed by atoms with Crippen LogP contribution in [-0.4, -0.2) is 32.7 Å². The van der Waals surface area contributed by atoms with E-state index in [1.54, 1.807) is 54.5 Å². The Morgan fingerprint density at radius 1 is 1.00 bits per heavy atom. The first-order valence-corrected chi connectivity index (χ1v) is 10.8. The average Bonchev–Trinajstić information content (AvgIpc) is 3.26. The van der Waals surface area contributed by atoms with Crippen LogP contribution in [0.3, 0.4) is 0 Å². The third kappa shape index (κ3) is 5.04. The number of hydrogen-bond donors (Lipinski definition) is 2. The molecule has 1 aliphatic heterocycles. The fraction of sp³-hybridized carbons (Fsp3) is 0.200. The van der Waals surface area contributed by atoms with Crippen molar-refractivity contribution in [3.05, 3.63) is 82.4 Å².